The number of para-hydroxylation sites is 1. The molecular formula is C25H22N2O3. The smallest absolute Gasteiger partial charge is 0.130 e. The second-order valence-electron chi connectivity index (χ2n) is 7.56. The molecule has 5 rings (SSSR count). The number of rotatable bonds is 5. The Balaban J connectivity index is 1.30. The van der Waals surface area contributed by atoms with E-state index in [1.54, 1.807) is 6.20 Å². The van der Waals surface area contributed by atoms with Crippen LogP contribution in [0.3, 0.4) is 0 Å². The zero-order valence-corrected chi connectivity index (χ0v) is 16.4. The van der Waals surface area contributed by atoms with Gasteiger partial charge in [0.2, 0.25) is 0 Å². The van der Waals surface area contributed by atoms with Crippen molar-refractivity contribution in [2.75, 3.05) is 6.61 Å². The number of fused-ring (bicyclic) bond motifs is 2. The number of aliphatic hydroxyl groups excluding tert-OH is 1. The SMILES string of the molecule is O[C@@H]1c2cc(OCc3ccc4ccccc4n3)ccc2OC[C@@H]1Cc1cccnc1. The molecule has 3 heterocycles. The first-order valence-corrected chi connectivity index (χ1v) is 10.1. The minimum atomic E-state index is -0.615. The molecule has 1 aliphatic heterocycles. The summed E-state index contributed by atoms with van der Waals surface area (Å²) in [4.78, 5) is 8.80. The van der Waals surface area contributed by atoms with Gasteiger partial charge in [0.15, 0.2) is 0 Å². The van der Waals surface area contributed by atoms with E-state index in [1.165, 1.54) is 0 Å². The van der Waals surface area contributed by atoms with Crippen LogP contribution >= 0.6 is 0 Å². The molecule has 2 aromatic heterocycles. The molecule has 150 valence electrons. The molecule has 2 atom stereocenters. The molecule has 0 spiro atoms. The molecule has 0 aliphatic carbocycles. The first kappa shape index (κ1) is 18.6. The van der Waals surface area contributed by atoms with Crippen LogP contribution in [0.1, 0.15) is 22.9 Å². The van der Waals surface area contributed by atoms with Crippen LogP contribution in [-0.4, -0.2) is 21.7 Å². The number of hydrogen-bond acceptors (Lipinski definition) is 5. The largest absolute Gasteiger partial charge is 0.493 e. The monoisotopic (exact) mass is 398 g/mol. The Hall–Kier alpha value is -3.44. The average molecular weight is 398 g/mol. The molecular weight excluding hydrogens is 376 g/mol. The summed E-state index contributed by atoms with van der Waals surface area (Å²) in [6.07, 6.45) is 3.68. The summed E-state index contributed by atoms with van der Waals surface area (Å²) in [6.45, 7) is 0.837. The number of aromatic nitrogens is 2. The van der Waals surface area contributed by atoms with Crippen molar-refractivity contribution >= 4 is 10.9 Å². The van der Waals surface area contributed by atoms with E-state index in [-0.39, 0.29) is 5.92 Å². The van der Waals surface area contributed by atoms with Gasteiger partial charge in [0, 0.05) is 29.3 Å². The summed E-state index contributed by atoms with van der Waals surface area (Å²) >= 11 is 0. The van der Waals surface area contributed by atoms with E-state index in [1.807, 2.05) is 66.9 Å². The molecule has 0 radical (unpaired) electrons. The van der Waals surface area contributed by atoms with Crippen molar-refractivity contribution in [3.8, 4) is 11.5 Å². The van der Waals surface area contributed by atoms with Gasteiger partial charge in [-0.1, -0.05) is 30.3 Å². The van der Waals surface area contributed by atoms with Crippen LogP contribution in [0, 0.1) is 5.92 Å². The van der Waals surface area contributed by atoms with Crippen LogP contribution in [0.4, 0.5) is 0 Å². The molecule has 0 fully saturated rings. The lowest BCUT2D eigenvalue weighted by Gasteiger charge is -2.30. The van der Waals surface area contributed by atoms with Crippen LogP contribution in [0.2, 0.25) is 0 Å². The van der Waals surface area contributed by atoms with Gasteiger partial charge >= 0.3 is 0 Å². The first-order valence-electron chi connectivity index (χ1n) is 10.1. The zero-order valence-electron chi connectivity index (χ0n) is 16.4. The Morgan fingerprint density at radius 1 is 1.03 bits per heavy atom. The fourth-order valence-electron chi connectivity index (χ4n) is 3.86. The van der Waals surface area contributed by atoms with Gasteiger partial charge in [-0.15, -0.1) is 0 Å². The van der Waals surface area contributed by atoms with Crippen LogP contribution in [-0.2, 0) is 13.0 Å². The lowest BCUT2D eigenvalue weighted by molar-refractivity contribution is 0.0504. The number of hydrogen-bond donors (Lipinski definition) is 1. The predicted octanol–water partition coefficient (Wildman–Crippen LogP) is 4.49. The zero-order chi connectivity index (χ0) is 20.3. The maximum Gasteiger partial charge on any atom is 0.130 e. The van der Waals surface area contributed by atoms with E-state index in [0.717, 1.165) is 27.7 Å². The second kappa shape index (κ2) is 8.13. The normalized spacial score (nSPS) is 17.9. The Kier molecular flexibility index (Phi) is 5.03. The highest BCUT2D eigenvalue weighted by Gasteiger charge is 2.30. The first-order chi connectivity index (χ1) is 14.8. The van der Waals surface area contributed by atoms with Crippen LogP contribution in [0.15, 0.2) is 79.1 Å². The van der Waals surface area contributed by atoms with Crippen LogP contribution in [0.5, 0.6) is 11.5 Å². The quantitative estimate of drug-likeness (QED) is 0.536. The molecule has 5 heteroatoms. The van der Waals surface area contributed by atoms with Crippen LogP contribution < -0.4 is 9.47 Å². The lowest BCUT2D eigenvalue weighted by atomic mass is 9.88. The van der Waals surface area contributed by atoms with E-state index in [9.17, 15) is 5.11 Å². The molecule has 2 aromatic carbocycles. The molecule has 0 saturated heterocycles. The summed E-state index contributed by atoms with van der Waals surface area (Å²) in [6, 6.07) is 21.6. The van der Waals surface area contributed by atoms with E-state index < -0.39 is 6.10 Å². The number of nitrogens with zero attached hydrogens (tertiary/aromatic N) is 2. The lowest BCUT2D eigenvalue weighted by Crippen LogP contribution is -2.27. The summed E-state index contributed by atoms with van der Waals surface area (Å²) in [5.41, 5.74) is 3.66. The van der Waals surface area contributed by atoms with Gasteiger partial charge in [0.05, 0.1) is 23.9 Å². The molecule has 1 aliphatic rings. The van der Waals surface area contributed by atoms with Crippen LogP contribution in [0.25, 0.3) is 10.9 Å². The Morgan fingerprint density at radius 3 is 2.87 bits per heavy atom. The van der Waals surface area contributed by atoms with Gasteiger partial charge in [-0.05, 0) is 48.4 Å². The van der Waals surface area contributed by atoms with Gasteiger partial charge in [-0.25, -0.2) is 4.98 Å². The Morgan fingerprint density at radius 2 is 1.97 bits per heavy atom. The summed E-state index contributed by atoms with van der Waals surface area (Å²) < 4.78 is 11.9. The maximum atomic E-state index is 10.9. The third-order valence-electron chi connectivity index (χ3n) is 5.46. The van der Waals surface area contributed by atoms with Crippen molar-refractivity contribution in [1.29, 1.82) is 0 Å². The Bertz CT molecular complexity index is 1160. The number of ether oxygens (including phenoxy) is 2. The molecule has 1 N–H and O–H groups in total. The fourth-order valence-corrected chi connectivity index (χ4v) is 3.86. The summed E-state index contributed by atoms with van der Waals surface area (Å²) in [5.74, 6) is 1.37. The minimum absolute atomic E-state index is 0.0286. The number of benzene rings is 2. The second-order valence-corrected chi connectivity index (χ2v) is 7.56. The molecule has 0 amide bonds. The third-order valence-corrected chi connectivity index (χ3v) is 5.46. The van der Waals surface area contributed by atoms with E-state index in [0.29, 0.717) is 31.1 Å². The van der Waals surface area contributed by atoms with Gasteiger partial charge in [0.25, 0.3) is 0 Å². The summed E-state index contributed by atoms with van der Waals surface area (Å²) in [7, 11) is 0. The predicted molar refractivity (Wildman–Crippen MR) is 114 cm³/mol. The molecule has 30 heavy (non-hydrogen) atoms. The van der Waals surface area contributed by atoms with E-state index in [4.69, 9.17) is 9.47 Å². The van der Waals surface area contributed by atoms with Crippen molar-refractivity contribution in [2.45, 2.75) is 19.1 Å². The highest BCUT2D eigenvalue weighted by molar-refractivity contribution is 5.78. The number of pyridine rings is 2. The highest BCUT2D eigenvalue weighted by Crippen LogP contribution is 2.39. The van der Waals surface area contributed by atoms with Crippen molar-refractivity contribution in [2.24, 2.45) is 5.92 Å². The van der Waals surface area contributed by atoms with Gasteiger partial charge < -0.3 is 14.6 Å². The van der Waals surface area contributed by atoms with Gasteiger partial charge in [-0.3, -0.25) is 4.98 Å². The van der Waals surface area contributed by atoms with E-state index in [2.05, 4.69) is 16.0 Å². The minimum Gasteiger partial charge on any atom is -0.493 e. The van der Waals surface area contributed by atoms with Crippen molar-refractivity contribution in [3.63, 3.8) is 0 Å². The standard InChI is InChI=1S/C25H22N2O3/c28-25-19(12-17-4-3-11-26-14-17)15-30-24-10-9-21(13-22(24)25)29-16-20-8-7-18-5-1-2-6-23(18)27-20/h1-11,13-14,19,25,28H,12,15-16H2/t19-,25-/m0/s1. The fraction of sp³-hybridized carbons (Fsp3) is 0.200. The van der Waals surface area contributed by atoms with Gasteiger partial charge in [-0.2, -0.15) is 0 Å². The summed E-state index contributed by atoms with van der Waals surface area (Å²) in [5, 5.41) is 12.0. The van der Waals surface area contributed by atoms with Crippen molar-refractivity contribution in [3.05, 3.63) is 95.9 Å². The Labute approximate surface area is 175 Å². The maximum absolute atomic E-state index is 10.9. The number of aliphatic hydroxyl groups is 1. The topological polar surface area (TPSA) is 64.5 Å². The van der Waals surface area contributed by atoms with Gasteiger partial charge in [0.1, 0.15) is 18.1 Å². The van der Waals surface area contributed by atoms with E-state index >= 15 is 0 Å². The molecule has 4 aromatic rings. The highest BCUT2D eigenvalue weighted by atomic mass is 16.5. The van der Waals surface area contributed by atoms with Crippen molar-refractivity contribution in [1.82, 2.24) is 9.97 Å². The molecule has 0 bridgehead atoms. The van der Waals surface area contributed by atoms with Crippen molar-refractivity contribution < 1.29 is 14.6 Å². The third kappa shape index (κ3) is 3.84. The molecule has 0 saturated carbocycles. The average Bonchev–Trinajstić information content (AvgIpc) is 2.80. The molecule has 5 nitrogen and oxygen atoms in total. The molecule has 0 unspecified atom stereocenters.